The summed E-state index contributed by atoms with van der Waals surface area (Å²) in [6.07, 6.45) is 2.79. The highest BCUT2D eigenvalue weighted by Crippen LogP contribution is 2.12. The summed E-state index contributed by atoms with van der Waals surface area (Å²) < 4.78 is 25.7. The first-order valence-electron chi connectivity index (χ1n) is 8.76. The Morgan fingerprint density at radius 2 is 1.58 bits per heavy atom. The van der Waals surface area contributed by atoms with Crippen LogP contribution in [0.5, 0.6) is 0 Å². The van der Waals surface area contributed by atoms with Crippen LogP contribution in [0.1, 0.15) is 30.9 Å². The highest BCUT2D eigenvalue weighted by molar-refractivity contribution is 7.89. The van der Waals surface area contributed by atoms with Crippen molar-refractivity contribution in [2.75, 3.05) is 7.05 Å². The minimum atomic E-state index is -3.42. The van der Waals surface area contributed by atoms with Gasteiger partial charge >= 0.3 is 0 Å². The Hall–Kier alpha value is -2.18. The van der Waals surface area contributed by atoms with E-state index in [-0.39, 0.29) is 16.8 Å². The van der Waals surface area contributed by atoms with Crippen LogP contribution in [-0.2, 0) is 27.7 Å². The van der Waals surface area contributed by atoms with E-state index in [4.69, 9.17) is 0 Å². The Kier molecular flexibility index (Phi) is 7.36. The fourth-order valence-electron chi connectivity index (χ4n) is 2.66. The van der Waals surface area contributed by atoms with Crippen LogP contribution in [0.25, 0.3) is 0 Å². The normalized spacial score (nSPS) is 12.5. The summed E-state index contributed by atoms with van der Waals surface area (Å²) >= 11 is 0. The molecule has 0 saturated heterocycles. The first kappa shape index (κ1) is 20.1. The van der Waals surface area contributed by atoms with Crippen LogP contribution in [0.3, 0.4) is 0 Å². The predicted molar refractivity (Wildman–Crippen MR) is 103 cm³/mol. The molecule has 6 heteroatoms. The van der Waals surface area contributed by atoms with E-state index in [0.29, 0.717) is 12.8 Å². The van der Waals surface area contributed by atoms with Crippen molar-refractivity contribution >= 4 is 15.9 Å². The zero-order chi connectivity index (χ0) is 19.0. The van der Waals surface area contributed by atoms with E-state index < -0.39 is 10.0 Å². The largest absolute Gasteiger partial charge is 0.354 e. The van der Waals surface area contributed by atoms with Crippen molar-refractivity contribution in [3.8, 4) is 0 Å². The highest BCUT2D eigenvalue weighted by Gasteiger charge is 2.11. The van der Waals surface area contributed by atoms with Gasteiger partial charge in [-0.15, -0.1) is 0 Å². The van der Waals surface area contributed by atoms with Crippen LogP contribution in [0.15, 0.2) is 59.5 Å². The van der Waals surface area contributed by atoms with E-state index in [2.05, 4.69) is 22.2 Å². The second-order valence-corrected chi connectivity index (χ2v) is 8.23. The lowest BCUT2D eigenvalue weighted by Crippen LogP contribution is -2.33. The molecule has 0 radical (unpaired) electrons. The lowest BCUT2D eigenvalue weighted by molar-refractivity contribution is -0.121. The molecule has 0 aromatic heterocycles. The molecule has 2 aromatic rings. The standard InChI is InChI=1S/C20H26N2O3S/c1-16(8-9-17-6-4-3-5-7-17)22-20(23)15-12-18-10-13-19(14-11-18)26(24,25)21-2/h3-7,10-11,13-14,16,21H,8-9,12,15H2,1-2H3,(H,22,23)/t16-/m0/s1. The maximum Gasteiger partial charge on any atom is 0.240 e. The van der Waals surface area contributed by atoms with Crippen molar-refractivity contribution in [3.05, 3.63) is 65.7 Å². The van der Waals surface area contributed by atoms with Gasteiger partial charge in [-0.05, 0) is 56.5 Å². The van der Waals surface area contributed by atoms with Crippen molar-refractivity contribution in [1.82, 2.24) is 10.0 Å². The molecule has 2 N–H and O–H groups in total. The van der Waals surface area contributed by atoms with E-state index >= 15 is 0 Å². The topological polar surface area (TPSA) is 75.3 Å². The number of hydrogen-bond donors (Lipinski definition) is 2. The van der Waals surface area contributed by atoms with Crippen LogP contribution < -0.4 is 10.0 Å². The molecule has 0 saturated carbocycles. The molecular weight excluding hydrogens is 348 g/mol. The molecule has 2 aromatic carbocycles. The van der Waals surface area contributed by atoms with Gasteiger partial charge in [0.1, 0.15) is 0 Å². The molecule has 0 spiro atoms. The number of hydrogen-bond acceptors (Lipinski definition) is 3. The quantitative estimate of drug-likeness (QED) is 0.709. The maximum atomic E-state index is 12.1. The molecule has 0 unspecified atom stereocenters. The smallest absolute Gasteiger partial charge is 0.240 e. The first-order chi connectivity index (χ1) is 12.4. The molecule has 26 heavy (non-hydrogen) atoms. The summed E-state index contributed by atoms with van der Waals surface area (Å²) in [6.45, 7) is 2.01. The Balaban J connectivity index is 1.76. The van der Waals surface area contributed by atoms with Crippen molar-refractivity contribution in [2.45, 2.75) is 43.5 Å². The van der Waals surface area contributed by atoms with E-state index in [1.807, 2.05) is 25.1 Å². The van der Waals surface area contributed by atoms with Gasteiger partial charge in [0, 0.05) is 12.5 Å². The Bertz CT molecular complexity index is 803. The number of benzene rings is 2. The summed E-state index contributed by atoms with van der Waals surface area (Å²) in [4.78, 5) is 12.3. The van der Waals surface area contributed by atoms with Gasteiger partial charge in [0.2, 0.25) is 15.9 Å². The Morgan fingerprint density at radius 3 is 2.19 bits per heavy atom. The molecule has 0 aliphatic heterocycles. The summed E-state index contributed by atoms with van der Waals surface area (Å²) in [5.41, 5.74) is 2.21. The number of carbonyl (C=O) groups excluding carboxylic acids is 1. The first-order valence-corrected chi connectivity index (χ1v) is 10.2. The highest BCUT2D eigenvalue weighted by atomic mass is 32.2. The second kappa shape index (κ2) is 9.50. The summed E-state index contributed by atoms with van der Waals surface area (Å²) in [5.74, 6) is 0.0116. The molecule has 0 aliphatic rings. The minimum Gasteiger partial charge on any atom is -0.354 e. The van der Waals surface area contributed by atoms with Gasteiger partial charge in [-0.3, -0.25) is 4.79 Å². The number of nitrogens with one attached hydrogen (secondary N) is 2. The van der Waals surface area contributed by atoms with Crippen LogP contribution in [0.2, 0.25) is 0 Å². The average Bonchev–Trinajstić information content (AvgIpc) is 2.66. The molecule has 1 amide bonds. The Morgan fingerprint density at radius 1 is 0.962 bits per heavy atom. The molecule has 0 aliphatic carbocycles. The number of amides is 1. The van der Waals surface area contributed by atoms with Crippen LogP contribution >= 0.6 is 0 Å². The third-order valence-electron chi connectivity index (χ3n) is 4.26. The van der Waals surface area contributed by atoms with Crippen LogP contribution in [0.4, 0.5) is 0 Å². The monoisotopic (exact) mass is 374 g/mol. The fraction of sp³-hybridized carbons (Fsp3) is 0.350. The summed E-state index contributed by atoms with van der Waals surface area (Å²) in [6, 6.07) is 16.9. The third kappa shape index (κ3) is 6.28. The molecule has 1 atom stereocenters. The SMILES string of the molecule is CNS(=O)(=O)c1ccc(CCC(=O)N[C@@H](C)CCc2ccccc2)cc1. The van der Waals surface area contributed by atoms with E-state index in [1.165, 1.54) is 12.6 Å². The van der Waals surface area contributed by atoms with Crippen molar-refractivity contribution < 1.29 is 13.2 Å². The molecule has 0 bridgehead atoms. The van der Waals surface area contributed by atoms with E-state index in [1.54, 1.807) is 24.3 Å². The van der Waals surface area contributed by atoms with Gasteiger partial charge < -0.3 is 5.32 Å². The van der Waals surface area contributed by atoms with Crippen molar-refractivity contribution in [1.29, 1.82) is 0 Å². The summed E-state index contributed by atoms with van der Waals surface area (Å²) in [5, 5.41) is 3.02. The van der Waals surface area contributed by atoms with Crippen LogP contribution in [0, 0.1) is 0 Å². The molecular formula is C20H26N2O3S. The van der Waals surface area contributed by atoms with Crippen molar-refractivity contribution in [2.24, 2.45) is 0 Å². The third-order valence-corrected chi connectivity index (χ3v) is 5.69. The molecule has 0 fully saturated rings. The lowest BCUT2D eigenvalue weighted by atomic mass is 10.1. The number of carbonyl (C=O) groups is 1. The Labute approximate surface area is 155 Å². The van der Waals surface area contributed by atoms with Crippen LogP contribution in [-0.4, -0.2) is 27.4 Å². The fourth-order valence-corrected chi connectivity index (χ4v) is 3.39. The number of sulfonamides is 1. The van der Waals surface area contributed by atoms with Gasteiger partial charge in [-0.2, -0.15) is 0 Å². The number of rotatable bonds is 9. The predicted octanol–water partition coefficient (Wildman–Crippen LogP) is 2.66. The van der Waals surface area contributed by atoms with Gasteiger partial charge in [0.15, 0.2) is 0 Å². The minimum absolute atomic E-state index is 0.0116. The molecule has 140 valence electrons. The van der Waals surface area contributed by atoms with Crippen molar-refractivity contribution in [3.63, 3.8) is 0 Å². The zero-order valence-electron chi connectivity index (χ0n) is 15.2. The molecule has 0 heterocycles. The lowest BCUT2D eigenvalue weighted by Gasteiger charge is -2.14. The maximum absolute atomic E-state index is 12.1. The van der Waals surface area contributed by atoms with E-state index in [9.17, 15) is 13.2 Å². The van der Waals surface area contributed by atoms with E-state index in [0.717, 1.165) is 18.4 Å². The van der Waals surface area contributed by atoms with Gasteiger partial charge in [0.25, 0.3) is 0 Å². The van der Waals surface area contributed by atoms with Gasteiger partial charge in [-0.25, -0.2) is 13.1 Å². The van der Waals surface area contributed by atoms with Gasteiger partial charge in [0.05, 0.1) is 4.90 Å². The molecule has 2 rings (SSSR count). The van der Waals surface area contributed by atoms with Gasteiger partial charge in [-0.1, -0.05) is 42.5 Å². The zero-order valence-corrected chi connectivity index (χ0v) is 16.1. The summed E-state index contributed by atoms with van der Waals surface area (Å²) in [7, 11) is -2.04. The molecule has 5 nitrogen and oxygen atoms in total. The number of aryl methyl sites for hydroxylation is 2. The average molecular weight is 375 g/mol. The second-order valence-electron chi connectivity index (χ2n) is 6.34.